The number of aliphatic hydroxyl groups is 1. The van der Waals surface area contributed by atoms with Crippen molar-refractivity contribution in [2.75, 3.05) is 0 Å². The molecule has 1 atom stereocenters. The first-order chi connectivity index (χ1) is 8.93. The fourth-order valence-corrected chi connectivity index (χ4v) is 4.30. The van der Waals surface area contributed by atoms with Crippen LogP contribution in [0.3, 0.4) is 0 Å². The molecule has 0 saturated carbocycles. The van der Waals surface area contributed by atoms with Crippen LogP contribution in [0.5, 0.6) is 0 Å². The van der Waals surface area contributed by atoms with Gasteiger partial charge in [0.1, 0.15) is 0 Å². The van der Waals surface area contributed by atoms with E-state index in [-0.39, 0.29) is 0 Å². The lowest BCUT2D eigenvalue weighted by atomic mass is 10.1. The maximum atomic E-state index is 10.3. The van der Waals surface area contributed by atoms with Gasteiger partial charge in [0.2, 0.25) is 0 Å². The molecule has 19 heavy (non-hydrogen) atoms. The van der Waals surface area contributed by atoms with Crippen molar-refractivity contribution < 1.29 is 5.11 Å². The number of thiophene rings is 1. The van der Waals surface area contributed by atoms with Crippen molar-refractivity contribution in [1.82, 2.24) is 9.78 Å². The Morgan fingerprint density at radius 3 is 2.68 bits per heavy atom. The summed E-state index contributed by atoms with van der Waals surface area (Å²) in [4.78, 5) is 0.897. The molecule has 104 valence electrons. The average molecular weight is 429 g/mol. The van der Waals surface area contributed by atoms with Gasteiger partial charge in [0.15, 0.2) is 0 Å². The van der Waals surface area contributed by atoms with Gasteiger partial charge in [-0.05, 0) is 44.3 Å². The Kier molecular flexibility index (Phi) is 5.11. The molecule has 1 unspecified atom stereocenters. The molecular formula is C12H13Br2ClN2OS. The van der Waals surface area contributed by atoms with E-state index in [1.165, 1.54) is 11.3 Å². The lowest BCUT2D eigenvalue weighted by Gasteiger charge is -2.09. The van der Waals surface area contributed by atoms with Gasteiger partial charge in [0, 0.05) is 22.8 Å². The highest BCUT2D eigenvalue weighted by Crippen LogP contribution is 2.37. The van der Waals surface area contributed by atoms with E-state index in [0.29, 0.717) is 11.4 Å². The second-order valence-corrected chi connectivity index (χ2v) is 7.81. The molecule has 2 heterocycles. The lowest BCUT2D eigenvalue weighted by Crippen LogP contribution is -2.05. The Morgan fingerprint density at radius 1 is 1.53 bits per heavy atom. The highest BCUT2D eigenvalue weighted by molar-refractivity contribution is 9.13. The van der Waals surface area contributed by atoms with Crippen molar-refractivity contribution in [2.45, 2.75) is 25.9 Å². The molecule has 0 aliphatic carbocycles. The van der Waals surface area contributed by atoms with Crippen molar-refractivity contribution in [3.8, 4) is 0 Å². The summed E-state index contributed by atoms with van der Waals surface area (Å²) in [7, 11) is 1.85. The van der Waals surface area contributed by atoms with Crippen molar-refractivity contribution >= 4 is 54.8 Å². The van der Waals surface area contributed by atoms with Gasteiger partial charge in [0.25, 0.3) is 0 Å². The Bertz CT molecular complexity index is 577. The summed E-state index contributed by atoms with van der Waals surface area (Å²) in [6.07, 6.45) is 0.672. The van der Waals surface area contributed by atoms with Crippen LogP contribution in [0.25, 0.3) is 0 Å². The third kappa shape index (κ3) is 3.24. The lowest BCUT2D eigenvalue weighted by molar-refractivity contribution is 0.179. The van der Waals surface area contributed by atoms with Crippen LogP contribution in [-0.4, -0.2) is 14.9 Å². The minimum Gasteiger partial charge on any atom is -0.387 e. The third-order valence-electron chi connectivity index (χ3n) is 2.88. The summed E-state index contributed by atoms with van der Waals surface area (Å²) in [5.41, 5.74) is 1.74. The summed E-state index contributed by atoms with van der Waals surface area (Å²) >= 11 is 14.7. The largest absolute Gasteiger partial charge is 0.387 e. The van der Waals surface area contributed by atoms with Crippen LogP contribution in [0.4, 0.5) is 0 Å². The number of hydrogen-bond acceptors (Lipinski definition) is 3. The molecule has 0 aliphatic rings. The number of halogens is 3. The van der Waals surface area contributed by atoms with E-state index in [9.17, 15) is 5.11 Å². The highest BCUT2D eigenvalue weighted by atomic mass is 79.9. The smallest absolute Gasteiger partial charge is 0.0938 e. The van der Waals surface area contributed by atoms with Gasteiger partial charge in [-0.25, -0.2) is 0 Å². The van der Waals surface area contributed by atoms with Crippen molar-refractivity contribution in [1.29, 1.82) is 0 Å². The number of aliphatic hydroxyl groups excluding tert-OH is 1. The Hall–Kier alpha value is 0.120. The second-order valence-electron chi connectivity index (χ2n) is 4.17. The van der Waals surface area contributed by atoms with Gasteiger partial charge >= 0.3 is 0 Å². The minimum atomic E-state index is -0.579. The van der Waals surface area contributed by atoms with Gasteiger partial charge in [-0.2, -0.15) is 5.10 Å². The van der Waals surface area contributed by atoms with E-state index in [1.54, 1.807) is 4.68 Å². The van der Waals surface area contributed by atoms with Crippen LogP contribution in [-0.2, 0) is 19.9 Å². The quantitative estimate of drug-likeness (QED) is 0.779. The predicted molar refractivity (Wildman–Crippen MR) is 86.0 cm³/mol. The molecule has 0 aromatic carbocycles. The molecule has 0 fully saturated rings. The summed E-state index contributed by atoms with van der Waals surface area (Å²) in [5.74, 6) is 0. The van der Waals surface area contributed by atoms with Gasteiger partial charge in [-0.1, -0.05) is 18.5 Å². The monoisotopic (exact) mass is 426 g/mol. The van der Waals surface area contributed by atoms with Gasteiger partial charge < -0.3 is 5.11 Å². The maximum Gasteiger partial charge on any atom is 0.0938 e. The first kappa shape index (κ1) is 15.5. The molecule has 2 rings (SSSR count). The van der Waals surface area contributed by atoms with Crippen molar-refractivity contribution in [2.24, 2.45) is 7.05 Å². The molecule has 7 heteroatoms. The average Bonchev–Trinajstić information content (AvgIpc) is 2.84. The van der Waals surface area contributed by atoms with Gasteiger partial charge in [0.05, 0.1) is 26.3 Å². The molecule has 0 saturated heterocycles. The summed E-state index contributed by atoms with van der Waals surface area (Å²) in [6, 6.07) is 1.92. The molecule has 0 amide bonds. The Labute approximate surface area is 137 Å². The van der Waals surface area contributed by atoms with E-state index >= 15 is 0 Å². The molecule has 0 spiro atoms. The number of aryl methyl sites for hydroxylation is 2. The first-order valence-electron chi connectivity index (χ1n) is 5.77. The minimum absolute atomic E-state index is 0.460. The molecule has 3 nitrogen and oxygen atoms in total. The third-order valence-corrected chi connectivity index (χ3v) is 6.68. The molecule has 0 aliphatic heterocycles. The van der Waals surface area contributed by atoms with Crippen LogP contribution >= 0.6 is 54.8 Å². The molecule has 0 bridgehead atoms. The van der Waals surface area contributed by atoms with E-state index < -0.39 is 6.10 Å². The van der Waals surface area contributed by atoms with E-state index in [2.05, 4.69) is 37.0 Å². The number of rotatable bonds is 4. The van der Waals surface area contributed by atoms with Crippen molar-refractivity contribution in [3.05, 3.63) is 35.6 Å². The van der Waals surface area contributed by atoms with E-state index in [0.717, 1.165) is 30.9 Å². The summed E-state index contributed by atoms with van der Waals surface area (Å²) in [5, 5.41) is 15.3. The number of nitrogens with zero attached hydrogens (tertiary/aromatic N) is 2. The van der Waals surface area contributed by atoms with E-state index in [1.807, 2.05) is 20.0 Å². The van der Waals surface area contributed by atoms with Crippen LogP contribution in [0.2, 0.25) is 5.02 Å². The summed E-state index contributed by atoms with van der Waals surface area (Å²) in [6.45, 7) is 2.02. The maximum absolute atomic E-state index is 10.3. The van der Waals surface area contributed by atoms with Crippen LogP contribution in [0.15, 0.2) is 14.3 Å². The standard InChI is InChI=1S/C12H13Br2ClN2OS/c1-3-7-11(15)8(17(2)16-7)5-9(18)10-4-6(13)12(14)19-10/h4,9,18H,3,5H2,1-2H3. The SMILES string of the molecule is CCc1nn(C)c(CC(O)c2cc(Br)c(Br)s2)c1Cl. The Balaban J connectivity index is 2.23. The summed E-state index contributed by atoms with van der Waals surface area (Å²) < 4.78 is 3.69. The molecule has 0 radical (unpaired) electrons. The van der Waals surface area contributed by atoms with Gasteiger partial charge in [-0.15, -0.1) is 11.3 Å². The van der Waals surface area contributed by atoms with Crippen LogP contribution in [0.1, 0.15) is 29.3 Å². The topological polar surface area (TPSA) is 38.0 Å². The van der Waals surface area contributed by atoms with E-state index in [4.69, 9.17) is 11.6 Å². The first-order valence-corrected chi connectivity index (χ1v) is 8.55. The fourth-order valence-electron chi connectivity index (χ4n) is 1.85. The molecule has 1 N–H and O–H groups in total. The van der Waals surface area contributed by atoms with Crippen LogP contribution < -0.4 is 0 Å². The highest BCUT2D eigenvalue weighted by Gasteiger charge is 2.19. The van der Waals surface area contributed by atoms with Gasteiger partial charge in [-0.3, -0.25) is 4.68 Å². The molecular weight excluding hydrogens is 415 g/mol. The second kappa shape index (κ2) is 6.26. The number of hydrogen-bond donors (Lipinski definition) is 1. The van der Waals surface area contributed by atoms with Crippen molar-refractivity contribution in [3.63, 3.8) is 0 Å². The predicted octanol–water partition coefficient (Wildman–Crippen LogP) is 4.50. The molecule has 2 aromatic rings. The fraction of sp³-hybridized carbons (Fsp3) is 0.417. The normalized spacial score (nSPS) is 12.9. The zero-order valence-electron chi connectivity index (χ0n) is 10.5. The Morgan fingerprint density at radius 2 is 2.21 bits per heavy atom. The van der Waals surface area contributed by atoms with Crippen LogP contribution in [0, 0.1) is 0 Å². The molecule has 2 aromatic heterocycles. The zero-order chi connectivity index (χ0) is 14.2. The zero-order valence-corrected chi connectivity index (χ0v) is 15.2. The number of aromatic nitrogens is 2.